The Labute approximate surface area is 130 Å². The highest BCUT2D eigenvalue weighted by Crippen LogP contribution is 2.26. The predicted octanol–water partition coefficient (Wildman–Crippen LogP) is 4.07. The fourth-order valence-electron chi connectivity index (χ4n) is 2.20. The van der Waals surface area contributed by atoms with Crippen molar-refractivity contribution in [2.75, 3.05) is 0 Å². The van der Waals surface area contributed by atoms with Gasteiger partial charge < -0.3 is 4.42 Å². The number of nitrogens with zero attached hydrogens (tertiary/aromatic N) is 2. The van der Waals surface area contributed by atoms with Gasteiger partial charge in [-0.3, -0.25) is 9.48 Å². The number of rotatable bonds is 4. The first-order valence-electron chi connectivity index (χ1n) is 6.50. The molecular weight excluding hydrogens is 332 g/mol. The van der Waals surface area contributed by atoms with Crippen LogP contribution >= 0.6 is 15.9 Å². The van der Waals surface area contributed by atoms with Gasteiger partial charge in [0.25, 0.3) is 0 Å². The molecule has 3 aromatic rings. The topological polar surface area (TPSA) is 48.0 Å². The van der Waals surface area contributed by atoms with E-state index in [1.807, 2.05) is 12.1 Å². The zero-order chi connectivity index (χ0) is 14.8. The lowest BCUT2D eigenvalue weighted by atomic mass is 10.1. The lowest BCUT2D eigenvalue weighted by Gasteiger charge is -2.05. The Morgan fingerprint density at radius 2 is 2.10 bits per heavy atom. The van der Waals surface area contributed by atoms with E-state index < -0.39 is 0 Å². The van der Waals surface area contributed by atoms with Crippen molar-refractivity contribution in [1.82, 2.24) is 9.78 Å². The predicted molar refractivity (Wildman–Crippen MR) is 83.3 cm³/mol. The Morgan fingerprint density at radius 3 is 2.76 bits per heavy atom. The molecule has 0 radical (unpaired) electrons. The highest BCUT2D eigenvalue weighted by Gasteiger charge is 2.14. The summed E-state index contributed by atoms with van der Waals surface area (Å²) < 4.78 is 7.86. The van der Waals surface area contributed by atoms with Gasteiger partial charge in [-0.15, -0.1) is 0 Å². The molecule has 21 heavy (non-hydrogen) atoms. The van der Waals surface area contributed by atoms with E-state index in [2.05, 4.69) is 40.1 Å². The van der Waals surface area contributed by atoms with Gasteiger partial charge in [0, 0.05) is 6.20 Å². The van der Waals surface area contributed by atoms with Crippen LogP contribution in [0, 0.1) is 6.92 Å². The number of carbonyl (C=O) groups excluding carboxylic acids is 1. The number of furan rings is 1. The van der Waals surface area contributed by atoms with Crippen molar-refractivity contribution in [3.8, 4) is 11.5 Å². The van der Waals surface area contributed by atoms with Gasteiger partial charge in [-0.2, -0.15) is 5.10 Å². The van der Waals surface area contributed by atoms with Gasteiger partial charge in [-0.1, -0.05) is 24.3 Å². The SMILES string of the molecule is Cc1ccccc1Cn1cc(C=O)c(-c2ccc(Br)o2)n1. The Kier molecular flexibility index (Phi) is 3.75. The minimum absolute atomic E-state index is 0.519. The molecule has 3 rings (SSSR count). The van der Waals surface area contributed by atoms with Crippen molar-refractivity contribution in [2.45, 2.75) is 13.5 Å². The maximum absolute atomic E-state index is 11.2. The molecule has 0 saturated heterocycles. The number of aryl methyl sites for hydroxylation is 1. The monoisotopic (exact) mass is 344 g/mol. The van der Waals surface area contributed by atoms with Crippen LogP contribution in [-0.4, -0.2) is 16.1 Å². The average Bonchev–Trinajstić information content (AvgIpc) is 3.07. The van der Waals surface area contributed by atoms with Crippen molar-refractivity contribution in [1.29, 1.82) is 0 Å². The van der Waals surface area contributed by atoms with E-state index in [9.17, 15) is 4.79 Å². The standard InChI is InChI=1S/C16H13BrN2O2/c1-11-4-2-3-5-12(11)8-19-9-13(10-20)16(18-19)14-6-7-15(17)21-14/h2-7,9-10H,8H2,1H3. The van der Waals surface area contributed by atoms with Crippen LogP contribution in [0.25, 0.3) is 11.5 Å². The zero-order valence-electron chi connectivity index (χ0n) is 11.4. The molecule has 0 aliphatic carbocycles. The first-order valence-corrected chi connectivity index (χ1v) is 7.29. The number of aldehydes is 1. The Bertz CT molecular complexity index is 789. The maximum Gasteiger partial charge on any atom is 0.169 e. The zero-order valence-corrected chi connectivity index (χ0v) is 13.0. The van der Waals surface area contributed by atoms with Crippen molar-refractivity contribution >= 4 is 22.2 Å². The molecule has 0 aliphatic heterocycles. The molecule has 4 nitrogen and oxygen atoms in total. The molecular formula is C16H13BrN2O2. The maximum atomic E-state index is 11.2. The van der Waals surface area contributed by atoms with Gasteiger partial charge in [-0.25, -0.2) is 0 Å². The van der Waals surface area contributed by atoms with Crippen molar-refractivity contribution in [3.63, 3.8) is 0 Å². The number of halogens is 1. The molecule has 0 saturated carbocycles. The first kappa shape index (κ1) is 13.8. The summed E-state index contributed by atoms with van der Waals surface area (Å²) in [4.78, 5) is 11.2. The third-order valence-corrected chi connectivity index (χ3v) is 3.74. The summed E-state index contributed by atoms with van der Waals surface area (Å²) in [5.74, 6) is 0.576. The van der Waals surface area contributed by atoms with Gasteiger partial charge in [0.1, 0.15) is 5.69 Å². The Morgan fingerprint density at radius 1 is 1.29 bits per heavy atom. The molecule has 0 spiro atoms. The van der Waals surface area contributed by atoms with Crippen LogP contribution in [0.4, 0.5) is 0 Å². The largest absolute Gasteiger partial charge is 0.448 e. The summed E-state index contributed by atoms with van der Waals surface area (Å²) in [5, 5.41) is 4.47. The smallest absolute Gasteiger partial charge is 0.169 e. The van der Waals surface area contributed by atoms with Gasteiger partial charge in [-0.05, 0) is 46.1 Å². The summed E-state index contributed by atoms with van der Waals surface area (Å²) in [7, 11) is 0. The Hall–Kier alpha value is -2.14. The van der Waals surface area contributed by atoms with E-state index in [0.717, 1.165) is 6.29 Å². The highest BCUT2D eigenvalue weighted by molar-refractivity contribution is 9.10. The van der Waals surface area contributed by atoms with E-state index in [1.165, 1.54) is 11.1 Å². The molecule has 106 valence electrons. The van der Waals surface area contributed by atoms with E-state index in [0.29, 0.717) is 28.2 Å². The third-order valence-electron chi connectivity index (χ3n) is 3.32. The lowest BCUT2D eigenvalue weighted by molar-refractivity contribution is 0.112. The molecule has 0 fully saturated rings. The third kappa shape index (κ3) is 2.83. The highest BCUT2D eigenvalue weighted by atomic mass is 79.9. The number of hydrogen-bond donors (Lipinski definition) is 0. The minimum Gasteiger partial charge on any atom is -0.448 e. The molecule has 1 aromatic carbocycles. The van der Waals surface area contributed by atoms with Gasteiger partial charge in [0.2, 0.25) is 0 Å². The van der Waals surface area contributed by atoms with Crippen molar-refractivity contribution in [2.24, 2.45) is 0 Å². The van der Waals surface area contributed by atoms with Gasteiger partial charge in [0.05, 0.1) is 12.1 Å². The molecule has 0 atom stereocenters. The van der Waals surface area contributed by atoms with Crippen LogP contribution in [-0.2, 0) is 6.54 Å². The van der Waals surface area contributed by atoms with E-state index in [4.69, 9.17) is 4.42 Å². The molecule has 0 unspecified atom stereocenters. The van der Waals surface area contributed by atoms with Crippen LogP contribution in [0.3, 0.4) is 0 Å². The molecule has 0 amide bonds. The summed E-state index contributed by atoms with van der Waals surface area (Å²) >= 11 is 3.26. The second-order valence-corrected chi connectivity index (χ2v) is 5.56. The fraction of sp³-hybridized carbons (Fsp3) is 0.125. The second kappa shape index (κ2) is 5.69. The van der Waals surface area contributed by atoms with Gasteiger partial charge >= 0.3 is 0 Å². The van der Waals surface area contributed by atoms with Crippen LogP contribution in [0.15, 0.2) is 51.7 Å². The van der Waals surface area contributed by atoms with Gasteiger partial charge in [0.15, 0.2) is 16.7 Å². The van der Waals surface area contributed by atoms with Crippen LogP contribution in [0.5, 0.6) is 0 Å². The number of aromatic nitrogens is 2. The van der Waals surface area contributed by atoms with Crippen LogP contribution < -0.4 is 0 Å². The molecule has 0 N–H and O–H groups in total. The quantitative estimate of drug-likeness (QED) is 0.670. The summed E-state index contributed by atoms with van der Waals surface area (Å²) in [6, 6.07) is 11.7. The number of benzene rings is 1. The summed E-state index contributed by atoms with van der Waals surface area (Å²) in [5.41, 5.74) is 3.45. The molecule has 0 aliphatic rings. The second-order valence-electron chi connectivity index (χ2n) is 4.78. The normalized spacial score (nSPS) is 10.8. The number of carbonyl (C=O) groups is 1. The average molecular weight is 345 g/mol. The van der Waals surface area contributed by atoms with Crippen molar-refractivity contribution < 1.29 is 9.21 Å². The minimum atomic E-state index is 0.519. The van der Waals surface area contributed by atoms with Crippen LogP contribution in [0.1, 0.15) is 21.5 Å². The summed E-state index contributed by atoms with van der Waals surface area (Å²) in [6.45, 7) is 2.68. The molecule has 0 bridgehead atoms. The molecule has 2 heterocycles. The fourth-order valence-corrected chi connectivity index (χ4v) is 2.51. The molecule has 5 heteroatoms. The van der Waals surface area contributed by atoms with E-state index in [1.54, 1.807) is 23.0 Å². The molecule has 2 aromatic heterocycles. The number of hydrogen-bond acceptors (Lipinski definition) is 3. The first-order chi connectivity index (χ1) is 10.2. The summed E-state index contributed by atoms with van der Waals surface area (Å²) in [6.07, 6.45) is 2.54. The van der Waals surface area contributed by atoms with Crippen molar-refractivity contribution in [3.05, 3.63) is 64.0 Å². The Balaban J connectivity index is 1.96. The van der Waals surface area contributed by atoms with E-state index in [-0.39, 0.29) is 0 Å². The van der Waals surface area contributed by atoms with E-state index >= 15 is 0 Å². The lowest BCUT2D eigenvalue weighted by Crippen LogP contribution is -2.01. The van der Waals surface area contributed by atoms with Crippen LogP contribution in [0.2, 0.25) is 0 Å².